The number of carboxylic acids is 1. The Labute approximate surface area is 145 Å². The van der Waals surface area contributed by atoms with Crippen LogP contribution in [0.1, 0.15) is 44.6 Å². The van der Waals surface area contributed by atoms with E-state index in [0.717, 1.165) is 18.6 Å². The first-order valence-corrected chi connectivity index (χ1v) is 8.48. The average molecular weight is 355 g/mol. The monoisotopic (exact) mass is 355 g/mol. The number of carbonyl (C=O) groups excluding carboxylic acids is 1. The molecule has 2 N–H and O–H groups in total. The largest absolute Gasteiger partial charge is 0.480 e. The molecule has 0 unspecified atom stereocenters. The predicted octanol–water partition coefficient (Wildman–Crippen LogP) is 2.77. The van der Waals surface area contributed by atoms with E-state index >= 15 is 0 Å². The van der Waals surface area contributed by atoms with Gasteiger partial charge in [-0.1, -0.05) is 25.8 Å². The normalized spacial score (nSPS) is 17.7. The van der Waals surface area contributed by atoms with Crippen LogP contribution in [0.5, 0.6) is 0 Å². The molecule has 1 aliphatic heterocycles. The molecule has 0 bridgehead atoms. The second-order valence-electron chi connectivity index (χ2n) is 6.33. The lowest BCUT2D eigenvalue weighted by Crippen LogP contribution is -2.53. The molecule has 1 aliphatic rings. The van der Waals surface area contributed by atoms with Crippen LogP contribution in [0, 0.1) is 11.6 Å². The molecule has 0 spiro atoms. The van der Waals surface area contributed by atoms with Crippen LogP contribution in [0.2, 0.25) is 0 Å². The zero-order chi connectivity index (χ0) is 18.4. The maximum absolute atomic E-state index is 14.4. The number of hydrogen-bond acceptors (Lipinski definition) is 3. The fourth-order valence-corrected chi connectivity index (χ4v) is 3.18. The van der Waals surface area contributed by atoms with Gasteiger partial charge < -0.3 is 15.2 Å². The zero-order valence-electron chi connectivity index (χ0n) is 14.2. The molecule has 1 atom stereocenters. The molecule has 1 amide bonds. The molecule has 0 saturated carbocycles. The standard InChI is InChI=1S/C18H23F2NO4/c1-2-3-4-15(16(22)23)21-17(24)18(7-9-25-10-8-18)13-6-5-12(19)11-14(13)20/h5-6,11,15H,2-4,7-10H2,1H3,(H,21,24)(H,22,23)/t15-/m0/s1. The van der Waals surface area contributed by atoms with Crippen LogP contribution in [0.25, 0.3) is 0 Å². The van der Waals surface area contributed by atoms with Gasteiger partial charge in [0.1, 0.15) is 17.7 Å². The second kappa shape index (κ2) is 8.38. The Balaban J connectivity index is 2.32. The van der Waals surface area contributed by atoms with Gasteiger partial charge in [-0.15, -0.1) is 0 Å². The van der Waals surface area contributed by atoms with Crippen molar-refractivity contribution in [1.29, 1.82) is 0 Å². The van der Waals surface area contributed by atoms with E-state index in [-0.39, 0.29) is 31.6 Å². The summed E-state index contributed by atoms with van der Waals surface area (Å²) < 4.78 is 32.9. The van der Waals surface area contributed by atoms with Crippen molar-refractivity contribution in [2.45, 2.75) is 50.5 Å². The van der Waals surface area contributed by atoms with Crippen molar-refractivity contribution in [3.8, 4) is 0 Å². The maximum atomic E-state index is 14.4. The van der Waals surface area contributed by atoms with Crippen LogP contribution in [0.3, 0.4) is 0 Å². The summed E-state index contributed by atoms with van der Waals surface area (Å²) in [5.41, 5.74) is -1.18. The molecule has 0 aromatic heterocycles. The Morgan fingerprint density at radius 2 is 2.00 bits per heavy atom. The third-order valence-corrected chi connectivity index (χ3v) is 4.68. The first kappa shape index (κ1) is 19.3. The highest BCUT2D eigenvalue weighted by Crippen LogP contribution is 2.37. The molecule has 0 aliphatic carbocycles. The molecule has 1 heterocycles. The van der Waals surface area contributed by atoms with Gasteiger partial charge in [-0.05, 0) is 25.3 Å². The summed E-state index contributed by atoms with van der Waals surface area (Å²) in [6.07, 6.45) is 2.17. The highest BCUT2D eigenvalue weighted by atomic mass is 19.1. The summed E-state index contributed by atoms with van der Waals surface area (Å²) in [6.45, 7) is 2.42. The van der Waals surface area contributed by atoms with Gasteiger partial charge in [0.05, 0.1) is 5.41 Å². The fourth-order valence-electron chi connectivity index (χ4n) is 3.18. The highest BCUT2D eigenvalue weighted by molar-refractivity contribution is 5.91. The number of amides is 1. The van der Waals surface area contributed by atoms with Crippen molar-refractivity contribution < 1.29 is 28.2 Å². The van der Waals surface area contributed by atoms with Gasteiger partial charge in [-0.2, -0.15) is 0 Å². The Morgan fingerprint density at radius 1 is 1.32 bits per heavy atom. The summed E-state index contributed by atoms with van der Waals surface area (Å²) in [5.74, 6) is -3.21. The van der Waals surface area contributed by atoms with E-state index in [1.54, 1.807) is 0 Å². The summed E-state index contributed by atoms with van der Waals surface area (Å²) in [7, 11) is 0. The Morgan fingerprint density at radius 3 is 2.56 bits per heavy atom. The van der Waals surface area contributed by atoms with Crippen LogP contribution in [0.15, 0.2) is 18.2 Å². The molecule has 25 heavy (non-hydrogen) atoms. The number of benzene rings is 1. The molecule has 1 saturated heterocycles. The quantitative estimate of drug-likeness (QED) is 0.789. The van der Waals surface area contributed by atoms with Crippen molar-refractivity contribution in [1.82, 2.24) is 5.32 Å². The highest BCUT2D eigenvalue weighted by Gasteiger charge is 2.44. The van der Waals surface area contributed by atoms with E-state index in [1.165, 1.54) is 6.07 Å². The Hall–Kier alpha value is -2.02. The van der Waals surface area contributed by atoms with Gasteiger partial charge in [0.25, 0.3) is 0 Å². The number of hydrogen-bond donors (Lipinski definition) is 2. The van der Waals surface area contributed by atoms with Crippen molar-refractivity contribution in [2.24, 2.45) is 0 Å². The molecule has 1 aromatic rings. The lowest BCUT2D eigenvalue weighted by atomic mass is 9.73. The van der Waals surface area contributed by atoms with E-state index in [2.05, 4.69) is 5.32 Å². The third kappa shape index (κ3) is 4.34. The minimum Gasteiger partial charge on any atom is -0.480 e. The maximum Gasteiger partial charge on any atom is 0.326 e. The minimum atomic E-state index is -1.25. The molecule has 2 rings (SSSR count). The van der Waals surface area contributed by atoms with Crippen LogP contribution < -0.4 is 5.32 Å². The summed E-state index contributed by atoms with van der Waals surface area (Å²) in [4.78, 5) is 24.4. The number of carboxylic acid groups (broad SMARTS) is 1. The van der Waals surface area contributed by atoms with Gasteiger partial charge >= 0.3 is 5.97 Å². The zero-order valence-corrected chi connectivity index (χ0v) is 14.2. The Bertz CT molecular complexity index is 630. The SMILES string of the molecule is CCCC[C@H](NC(=O)C1(c2ccc(F)cc2F)CCOCC1)C(=O)O. The topological polar surface area (TPSA) is 75.6 Å². The first-order chi connectivity index (χ1) is 11.9. The number of halogens is 2. The van der Waals surface area contributed by atoms with Crippen LogP contribution in [-0.2, 0) is 19.7 Å². The first-order valence-electron chi connectivity index (χ1n) is 8.48. The van der Waals surface area contributed by atoms with Crippen molar-refractivity contribution in [2.75, 3.05) is 13.2 Å². The smallest absolute Gasteiger partial charge is 0.326 e. The summed E-state index contributed by atoms with van der Waals surface area (Å²) in [6, 6.07) is 2.08. The van der Waals surface area contributed by atoms with Crippen molar-refractivity contribution in [3.05, 3.63) is 35.4 Å². The molecule has 0 radical (unpaired) electrons. The molecule has 138 valence electrons. The average Bonchev–Trinajstić information content (AvgIpc) is 2.58. The minimum absolute atomic E-state index is 0.0781. The second-order valence-corrected chi connectivity index (χ2v) is 6.33. The molecule has 7 heteroatoms. The summed E-state index contributed by atoms with van der Waals surface area (Å²) >= 11 is 0. The molecule has 5 nitrogen and oxygen atoms in total. The molecule has 1 fully saturated rings. The van der Waals surface area contributed by atoms with Gasteiger partial charge in [0.2, 0.25) is 5.91 Å². The van der Waals surface area contributed by atoms with Crippen molar-refractivity contribution in [3.63, 3.8) is 0 Å². The molecule has 1 aromatic carbocycles. The lowest BCUT2D eigenvalue weighted by molar-refractivity contribution is -0.144. The van der Waals surface area contributed by atoms with E-state index in [1.807, 2.05) is 6.92 Å². The van der Waals surface area contributed by atoms with E-state index in [0.29, 0.717) is 12.8 Å². The summed E-state index contributed by atoms with van der Waals surface area (Å²) in [5, 5.41) is 11.9. The van der Waals surface area contributed by atoms with Crippen LogP contribution >= 0.6 is 0 Å². The van der Waals surface area contributed by atoms with E-state index in [9.17, 15) is 23.5 Å². The van der Waals surface area contributed by atoms with Crippen molar-refractivity contribution >= 4 is 11.9 Å². The number of carbonyl (C=O) groups is 2. The fraction of sp³-hybridized carbons (Fsp3) is 0.556. The van der Waals surface area contributed by atoms with E-state index < -0.39 is 35.0 Å². The predicted molar refractivity (Wildman–Crippen MR) is 87.2 cm³/mol. The molecular weight excluding hydrogens is 332 g/mol. The van der Waals surface area contributed by atoms with E-state index in [4.69, 9.17) is 4.74 Å². The molecular formula is C18H23F2NO4. The third-order valence-electron chi connectivity index (χ3n) is 4.68. The van der Waals surface area contributed by atoms with Crippen LogP contribution in [-0.4, -0.2) is 36.2 Å². The lowest BCUT2D eigenvalue weighted by Gasteiger charge is -2.37. The van der Waals surface area contributed by atoms with Gasteiger partial charge in [-0.25, -0.2) is 13.6 Å². The van der Waals surface area contributed by atoms with Crippen LogP contribution in [0.4, 0.5) is 8.78 Å². The van der Waals surface area contributed by atoms with Gasteiger partial charge in [-0.3, -0.25) is 4.79 Å². The van der Waals surface area contributed by atoms with Gasteiger partial charge in [0.15, 0.2) is 0 Å². The number of rotatable bonds is 7. The van der Waals surface area contributed by atoms with Gasteiger partial charge in [0, 0.05) is 24.8 Å². The number of ether oxygens (including phenoxy) is 1. The number of unbranched alkanes of at least 4 members (excludes halogenated alkanes) is 1. The Kier molecular flexibility index (Phi) is 6.47. The number of nitrogens with one attached hydrogen (secondary N) is 1. The number of aliphatic carboxylic acids is 1.